The zero-order valence-electron chi connectivity index (χ0n) is 12.4. The summed E-state index contributed by atoms with van der Waals surface area (Å²) in [5, 5.41) is 5.39. The number of para-hydroxylation sites is 1. The van der Waals surface area contributed by atoms with Crippen LogP contribution in [0.15, 0.2) is 85.1 Å². The van der Waals surface area contributed by atoms with E-state index in [1.165, 1.54) is 10.9 Å². The minimum atomic E-state index is 0.740. The quantitative estimate of drug-likeness (QED) is 0.488. The van der Waals surface area contributed by atoms with Crippen LogP contribution in [0.3, 0.4) is 0 Å². The van der Waals surface area contributed by atoms with Crippen molar-refractivity contribution in [3.63, 3.8) is 0 Å². The highest BCUT2D eigenvalue weighted by Gasteiger charge is 2.07. The van der Waals surface area contributed by atoms with Gasteiger partial charge in [0, 0.05) is 33.7 Å². The van der Waals surface area contributed by atoms with Gasteiger partial charge < -0.3 is 9.88 Å². The van der Waals surface area contributed by atoms with Crippen LogP contribution in [-0.2, 0) is 0 Å². The molecule has 0 saturated carbocycles. The SMILES string of the molecule is Clc1ccc(Nc2cccc3c2ccn3-c2ccccc2)cc1. The highest BCUT2D eigenvalue weighted by Crippen LogP contribution is 2.29. The summed E-state index contributed by atoms with van der Waals surface area (Å²) in [5.74, 6) is 0. The van der Waals surface area contributed by atoms with Crippen molar-refractivity contribution in [1.82, 2.24) is 4.57 Å². The molecule has 112 valence electrons. The van der Waals surface area contributed by atoms with Crippen LogP contribution in [0.25, 0.3) is 16.6 Å². The number of hydrogen-bond donors (Lipinski definition) is 1. The van der Waals surface area contributed by atoms with Gasteiger partial charge in [-0.15, -0.1) is 0 Å². The fraction of sp³-hybridized carbons (Fsp3) is 0. The summed E-state index contributed by atoms with van der Waals surface area (Å²) in [6.45, 7) is 0. The van der Waals surface area contributed by atoms with Crippen LogP contribution < -0.4 is 5.32 Å². The number of halogens is 1. The van der Waals surface area contributed by atoms with E-state index in [1.54, 1.807) is 0 Å². The summed E-state index contributed by atoms with van der Waals surface area (Å²) in [7, 11) is 0. The van der Waals surface area contributed by atoms with E-state index in [1.807, 2.05) is 30.3 Å². The summed E-state index contributed by atoms with van der Waals surface area (Å²) >= 11 is 5.95. The van der Waals surface area contributed by atoms with E-state index in [9.17, 15) is 0 Å². The van der Waals surface area contributed by atoms with Crippen molar-refractivity contribution in [3.05, 3.63) is 90.1 Å². The first-order valence-corrected chi connectivity index (χ1v) is 7.87. The van der Waals surface area contributed by atoms with Crippen LogP contribution in [0.5, 0.6) is 0 Å². The lowest BCUT2D eigenvalue weighted by Crippen LogP contribution is -1.93. The van der Waals surface area contributed by atoms with Crippen LogP contribution in [0.4, 0.5) is 11.4 Å². The molecule has 0 radical (unpaired) electrons. The van der Waals surface area contributed by atoms with Crippen LogP contribution in [0.2, 0.25) is 5.02 Å². The van der Waals surface area contributed by atoms with Gasteiger partial charge in [0.2, 0.25) is 0 Å². The molecule has 2 nitrogen and oxygen atoms in total. The first-order chi connectivity index (χ1) is 11.3. The molecule has 1 heterocycles. The summed E-state index contributed by atoms with van der Waals surface area (Å²) in [6.07, 6.45) is 2.10. The van der Waals surface area contributed by atoms with E-state index >= 15 is 0 Å². The third-order valence-corrected chi connectivity index (χ3v) is 4.14. The zero-order valence-corrected chi connectivity index (χ0v) is 13.2. The molecular weight excluding hydrogens is 304 g/mol. The third-order valence-electron chi connectivity index (χ3n) is 3.89. The van der Waals surface area contributed by atoms with E-state index < -0.39 is 0 Å². The lowest BCUT2D eigenvalue weighted by molar-refractivity contribution is 1.13. The standard InChI is InChI=1S/C20H15ClN2/c21-15-9-11-16(12-10-15)22-19-7-4-8-20-18(19)13-14-23(20)17-5-2-1-3-6-17/h1-14,22H. The first-order valence-electron chi connectivity index (χ1n) is 7.49. The normalized spacial score (nSPS) is 10.8. The average molecular weight is 319 g/mol. The number of nitrogens with one attached hydrogen (secondary N) is 1. The van der Waals surface area contributed by atoms with Crippen LogP contribution in [0.1, 0.15) is 0 Å². The Morgan fingerprint density at radius 3 is 2.30 bits per heavy atom. The third kappa shape index (κ3) is 2.69. The van der Waals surface area contributed by atoms with Gasteiger partial charge in [-0.05, 0) is 54.6 Å². The molecule has 0 saturated heterocycles. The second-order valence-corrected chi connectivity index (χ2v) is 5.83. The fourth-order valence-corrected chi connectivity index (χ4v) is 2.91. The van der Waals surface area contributed by atoms with E-state index in [4.69, 9.17) is 11.6 Å². The maximum absolute atomic E-state index is 5.95. The molecule has 0 unspecified atom stereocenters. The Hall–Kier alpha value is -2.71. The van der Waals surface area contributed by atoms with Gasteiger partial charge in [0.05, 0.1) is 5.52 Å². The van der Waals surface area contributed by atoms with Gasteiger partial charge in [-0.25, -0.2) is 0 Å². The van der Waals surface area contributed by atoms with E-state index in [0.29, 0.717) is 0 Å². The zero-order chi connectivity index (χ0) is 15.6. The molecule has 0 aliphatic carbocycles. The van der Waals surface area contributed by atoms with Gasteiger partial charge in [-0.3, -0.25) is 0 Å². The van der Waals surface area contributed by atoms with Crippen molar-refractivity contribution < 1.29 is 0 Å². The highest BCUT2D eigenvalue weighted by molar-refractivity contribution is 6.30. The van der Waals surface area contributed by atoms with E-state index in [2.05, 4.69) is 64.6 Å². The van der Waals surface area contributed by atoms with E-state index in [-0.39, 0.29) is 0 Å². The van der Waals surface area contributed by atoms with Gasteiger partial charge in [0.25, 0.3) is 0 Å². The topological polar surface area (TPSA) is 17.0 Å². The molecule has 3 aromatic carbocycles. The number of hydrogen-bond acceptors (Lipinski definition) is 1. The molecule has 0 spiro atoms. The monoisotopic (exact) mass is 318 g/mol. The lowest BCUT2D eigenvalue weighted by atomic mass is 10.2. The van der Waals surface area contributed by atoms with Gasteiger partial charge >= 0.3 is 0 Å². The molecule has 23 heavy (non-hydrogen) atoms. The minimum absolute atomic E-state index is 0.740. The number of fused-ring (bicyclic) bond motifs is 1. The Morgan fingerprint density at radius 1 is 0.739 bits per heavy atom. The molecule has 0 fully saturated rings. The summed E-state index contributed by atoms with van der Waals surface area (Å²) < 4.78 is 2.20. The van der Waals surface area contributed by atoms with Crippen molar-refractivity contribution in [2.24, 2.45) is 0 Å². The molecule has 1 aromatic heterocycles. The molecule has 4 rings (SSSR count). The molecule has 0 amide bonds. The number of aromatic nitrogens is 1. The van der Waals surface area contributed by atoms with Crippen LogP contribution >= 0.6 is 11.6 Å². The summed E-state index contributed by atoms with van der Waals surface area (Å²) in [5.41, 5.74) is 4.44. The van der Waals surface area contributed by atoms with Crippen LogP contribution in [-0.4, -0.2) is 4.57 Å². The molecular formula is C20H15ClN2. The predicted octanol–water partition coefficient (Wildman–Crippen LogP) is 6.03. The number of nitrogens with zero attached hydrogens (tertiary/aromatic N) is 1. The van der Waals surface area contributed by atoms with Gasteiger partial charge in [-0.2, -0.15) is 0 Å². The first kappa shape index (κ1) is 13.9. The Morgan fingerprint density at radius 2 is 1.52 bits per heavy atom. The van der Waals surface area contributed by atoms with Gasteiger partial charge in [-0.1, -0.05) is 35.9 Å². The smallest absolute Gasteiger partial charge is 0.0549 e. The van der Waals surface area contributed by atoms with Gasteiger partial charge in [0.15, 0.2) is 0 Å². The Labute approximate surface area is 139 Å². The van der Waals surface area contributed by atoms with E-state index in [0.717, 1.165) is 22.1 Å². The van der Waals surface area contributed by atoms with Crippen molar-refractivity contribution >= 4 is 33.9 Å². The minimum Gasteiger partial charge on any atom is -0.355 e. The van der Waals surface area contributed by atoms with Crippen molar-refractivity contribution in [2.45, 2.75) is 0 Å². The maximum Gasteiger partial charge on any atom is 0.0549 e. The van der Waals surface area contributed by atoms with Crippen molar-refractivity contribution in [2.75, 3.05) is 5.32 Å². The number of anilines is 2. The number of rotatable bonds is 3. The number of benzene rings is 3. The highest BCUT2D eigenvalue weighted by atomic mass is 35.5. The van der Waals surface area contributed by atoms with Gasteiger partial charge in [0.1, 0.15) is 0 Å². The van der Waals surface area contributed by atoms with Crippen molar-refractivity contribution in [1.29, 1.82) is 0 Å². The Bertz CT molecular complexity index is 940. The molecule has 0 aliphatic rings. The molecule has 3 heteroatoms. The predicted molar refractivity (Wildman–Crippen MR) is 98.0 cm³/mol. The largest absolute Gasteiger partial charge is 0.355 e. The second-order valence-electron chi connectivity index (χ2n) is 5.39. The molecule has 4 aromatic rings. The lowest BCUT2D eigenvalue weighted by Gasteiger charge is -2.10. The second kappa shape index (κ2) is 5.82. The Balaban J connectivity index is 1.77. The Kier molecular flexibility index (Phi) is 3.52. The van der Waals surface area contributed by atoms with Crippen LogP contribution in [0, 0.1) is 0 Å². The summed E-state index contributed by atoms with van der Waals surface area (Å²) in [6, 6.07) is 26.5. The molecule has 0 aliphatic heterocycles. The average Bonchev–Trinajstić information content (AvgIpc) is 3.03. The molecule has 0 bridgehead atoms. The fourth-order valence-electron chi connectivity index (χ4n) is 2.78. The molecule has 0 atom stereocenters. The van der Waals surface area contributed by atoms with Crippen molar-refractivity contribution in [3.8, 4) is 5.69 Å². The summed E-state index contributed by atoms with van der Waals surface area (Å²) in [4.78, 5) is 0. The molecule has 1 N–H and O–H groups in total. The maximum atomic E-state index is 5.95.